The number of aromatic nitrogens is 1. The Kier molecular flexibility index (Phi) is 13.8. The Morgan fingerprint density at radius 2 is 1.70 bits per heavy atom. The highest BCUT2D eigenvalue weighted by molar-refractivity contribution is 5.92. The number of pyridine rings is 1. The van der Waals surface area contributed by atoms with Gasteiger partial charge in [0.15, 0.2) is 0 Å². The number of nitrogens with one attached hydrogen (secondary N) is 3. The summed E-state index contributed by atoms with van der Waals surface area (Å²) in [5, 5.41) is 28.0. The van der Waals surface area contributed by atoms with Crippen LogP contribution in [0.4, 0.5) is 19.9 Å². The Morgan fingerprint density at radius 1 is 0.907 bits per heavy atom. The summed E-state index contributed by atoms with van der Waals surface area (Å²) in [6.45, 7) is 4.53. The van der Waals surface area contributed by atoms with Gasteiger partial charge in [-0.15, -0.1) is 0 Å². The number of carbonyl (C=O) groups excluding carboxylic acids is 1. The van der Waals surface area contributed by atoms with Crippen molar-refractivity contribution in [3.8, 4) is 22.6 Å². The summed E-state index contributed by atoms with van der Waals surface area (Å²) in [4.78, 5) is 29.9. The molecule has 286 valence electrons. The molecule has 1 aromatic heterocycles. The third-order valence-corrected chi connectivity index (χ3v) is 10.2. The quantitative estimate of drug-likeness (QED) is 0.0792. The van der Waals surface area contributed by atoms with Gasteiger partial charge < -0.3 is 30.0 Å². The average molecular weight is 743 g/mol. The number of hydrogen-bond donors (Lipinski definition) is 5. The number of fused-ring (bicyclic) bond motifs is 4. The molecular weight excluding hydrogens is 694 g/mol. The van der Waals surface area contributed by atoms with Crippen molar-refractivity contribution in [1.29, 1.82) is 0 Å². The van der Waals surface area contributed by atoms with Crippen LogP contribution in [0.3, 0.4) is 0 Å². The third kappa shape index (κ3) is 9.81. The molecular formula is C42H48F2N4O6. The van der Waals surface area contributed by atoms with Crippen molar-refractivity contribution in [2.45, 2.75) is 44.3 Å². The highest BCUT2D eigenvalue weighted by Crippen LogP contribution is 2.33. The summed E-state index contributed by atoms with van der Waals surface area (Å²) in [5.41, 5.74) is 5.60. The molecule has 1 amide bonds. The summed E-state index contributed by atoms with van der Waals surface area (Å²) in [6, 6.07) is 30.5. The lowest BCUT2D eigenvalue weighted by Crippen LogP contribution is -2.52. The Bertz CT molecular complexity index is 2050. The molecule has 0 saturated carbocycles. The van der Waals surface area contributed by atoms with E-state index in [1.54, 1.807) is 12.1 Å². The number of benzene rings is 4. The summed E-state index contributed by atoms with van der Waals surface area (Å²) in [7, 11) is 0. The minimum atomic E-state index is -0.811. The number of halogens is 2. The molecule has 2 atom stereocenters. The summed E-state index contributed by atoms with van der Waals surface area (Å²) >= 11 is 0. The molecule has 3 fully saturated rings. The van der Waals surface area contributed by atoms with E-state index in [0.29, 0.717) is 42.1 Å². The van der Waals surface area contributed by atoms with Crippen molar-refractivity contribution in [3.63, 3.8) is 0 Å². The molecule has 4 aromatic carbocycles. The van der Waals surface area contributed by atoms with Gasteiger partial charge in [0.25, 0.3) is 0 Å². The fourth-order valence-corrected chi connectivity index (χ4v) is 7.43. The molecule has 0 spiro atoms. The number of H-pyrrole nitrogens is 1. The number of anilines is 1. The zero-order valence-electron chi connectivity index (χ0n) is 30.0. The standard InChI is InChI=1S/C42H46N4O6.2FH/c47-37-15-13-34(35-14-16-40(49)45-41(35)37)38(48)26-43-20-17-29-6-4-10-32(24-29)51-23-5-7-28-11-12-33(30-8-2-1-3-9-30)36(25-28)44-42(50)52-39-27-46-21-18-31(39)19-22-46;;/h1-4,6,8-16,24-25,31,38-39,43,47-48H,5,7,17-23,26-27H2,(H,44,50)(H,45,49);2*1H/t38-,39-;;/m0../s1. The van der Waals surface area contributed by atoms with E-state index in [1.165, 1.54) is 12.1 Å². The number of aliphatic hydroxyl groups excluding tert-OH is 1. The number of piperidine rings is 3. The van der Waals surface area contributed by atoms with E-state index in [9.17, 15) is 19.8 Å². The molecule has 3 aliphatic rings. The number of carbonyl (C=O) groups is 1. The Hall–Kier alpha value is -5.30. The van der Waals surface area contributed by atoms with Crippen molar-refractivity contribution in [2.24, 2.45) is 5.92 Å². The van der Waals surface area contributed by atoms with E-state index in [1.807, 2.05) is 48.5 Å². The second-order valence-electron chi connectivity index (χ2n) is 13.8. The zero-order valence-corrected chi connectivity index (χ0v) is 30.0. The SMILES string of the molecule is F.F.O=C(Nc1cc(CCCOc2cccc(CCNC[C@H](O)c3ccc(O)c4[nH]c(=O)ccc34)c2)ccc1-c1ccccc1)O[C@H]1CN2CCC1CC2. The van der Waals surface area contributed by atoms with E-state index < -0.39 is 12.2 Å². The van der Waals surface area contributed by atoms with Gasteiger partial charge in [0.05, 0.1) is 23.9 Å². The first-order valence-electron chi connectivity index (χ1n) is 18.2. The predicted octanol–water partition coefficient (Wildman–Crippen LogP) is 6.73. The molecule has 54 heavy (non-hydrogen) atoms. The summed E-state index contributed by atoms with van der Waals surface area (Å²) in [5.74, 6) is 1.22. The Morgan fingerprint density at radius 3 is 2.48 bits per heavy atom. The molecule has 12 heteroatoms. The molecule has 3 aliphatic heterocycles. The second kappa shape index (κ2) is 18.6. The number of aryl methyl sites for hydroxylation is 1. The van der Waals surface area contributed by atoms with Crippen LogP contribution >= 0.6 is 0 Å². The summed E-state index contributed by atoms with van der Waals surface area (Å²) in [6.07, 6.45) is 3.25. The lowest BCUT2D eigenvalue weighted by molar-refractivity contribution is -0.0289. The van der Waals surface area contributed by atoms with Crippen molar-refractivity contribution in [3.05, 3.63) is 124 Å². The molecule has 3 saturated heterocycles. The van der Waals surface area contributed by atoms with Gasteiger partial charge in [0.1, 0.15) is 17.6 Å². The third-order valence-electron chi connectivity index (χ3n) is 10.2. The van der Waals surface area contributed by atoms with Gasteiger partial charge in [-0.05, 0) is 110 Å². The van der Waals surface area contributed by atoms with Crippen LogP contribution in [0.1, 0.15) is 42.1 Å². The first-order valence-corrected chi connectivity index (χ1v) is 18.2. The maximum Gasteiger partial charge on any atom is 0.411 e. The largest absolute Gasteiger partial charge is 0.506 e. The average Bonchev–Trinajstić information content (AvgIpc) is 3.16. The molecule has 2 bridgehead atoms. The first kappa shape index (κ1) is 39.9. The molecule has 4 heterocycles. The smallest absolute Gasteiger partial charge is 0.411 e. The van der Waals surface area contributed by atoms with Crippen LogP contribution in [0.25, 0.3) is 22.0 Å². The topological polar surface area (TPSA) is 136 Å². The van der Waals surface area contributed by atoms with Crippen LogP contribution in [0.15, 0.2) is 102 Å². The maximum absolute atomic E-state index is 13.1. The monoisotopic (exact) mass is 742 g/mol. The number of aromatic amines is 1. The van der Waals surface area contributed by atoms with Crippen LogP contribution in [-0.4, -0.2) is 71.6 Å². The highest BCUT2D eigenvalue weighted by Gasteiger charge is 2.36. The lowest BCUT2D eigenvalue weighted by atomic mass is 9.86. The van der Waals surface area contributed by atoms with E-state index >= 15 is 0 Å². The number of phenolic OH excluding ortho intramolecular Hbond substituents is 1. The van der Waals surface area contributed by atoms with Gasteiger partial charge >= 0.3 is 6.09 Å². The minimum Gasteiger partial charge on any atom is -0.506 e. The van der Waals surface area contributed by atoms with Gasteiger partial charge in [-0.25, -0.2) is 4.79 Å². The number of rotatable bonds is 14. The van der Waals surface area contributed by atoms with Crippen molar-refractivity contribution in [1.82, 2.24) is 15.2 Å². The van der Waals surface area contributed by atoms with Gasteiger partial charge in [-0.3, -0.25) is 24.4 Å². The Labute approximate surface area is 312 Å². The number of aliphatic hydroxyl groups is 1. The zero-order chi connectivity index (χ0) is 35.9. The van der Waals surface area contributed by atoms with Gasteiger partial charge in [-0.1, -0.05) is 60.7 Å². The number of amides is 1. The number of phenols is 1. The molecule has 10 nitrogen and oxygen atoms in total. The molecule has 0 unspecified atom stereocenters. The Balaban J connectivity index is 0.00000280. The van der Waals surface area contributed by atoms with Gasteiger partial charge in [0.2, 0.25) is 5.56 Å². The lowest BCUT2D eigenvalue weighted by Gasteiger charge is -2.43. The fourth-order valence-electron chi connectivity index (χ4n) is 7.43. The fraction of sp³-hybridized carbons (Fsp3) is 0.333. The van der Waals surface area contributed by atoms with Crippen LogP contribution < -0.4 is 20.9 Å². The van der Waals surface area contributed by atoms with E-state index in [0.717, 1.165) is 85.4 Å². The van der Waals surface area contributed by atoms with E-state index in [2.05, 4.69) is 44.8 Å². The molecule has 8 rings (SSSR count). The van der Waals surface area contributed by atoms with Crippen molar-refractivity contribution < 1.29 is 33.9 Å². The molecule has 0 radical (unpaired) electrons. The summed E-state index contributed by atoms with van der Waals surface area (Å²) < 4.78 is 12.1. The molecule has 0 aliphatic carbocycles. The van der Waals surface area contributed by atoms with E-state index in [-0.39, 0.29) is 26.8 Å². The van der Waals surface area contributed by atoms with Crippen molar-refractivity contribution in [2.75, 3.05) is 44.6 Å². The van der Waals surface area contributed by atoms with Crippen LogP contribution in [-0.2, 0) is 17.6 Å². The first-order chi connectivity index (χ1) is 25.4. The highest BCUT2D eigenvalue weighted by atomic mass is 19.0. The molecule has 5 aromatic rings. The normalized spacial score (nSPS) is 17.9. The van der Waals surface area contributed by atoms with E-state index in [4.69, 9.17) is 9.47 Å². The van der Waals surface area contributed by atoms with Gasteiger partial charge in [0, 0.05) is 30.1 Å². The van der Waals surface area contributed by atoms with Crippen LogP contribution in [0.2, 0.25) is 0 Å². The van der Waals surface area contributed by atoms with Crippen LogP contribution in [0, 0.1) is 5.92 Å². The van der Waals surface area contributed by atoms with Crippen LogP contribution in [0.5, 0.6) is 11.5 Å². The predicted molar refractivity (Wildman–Crippen MR) is 208 cm³/mol. The number of ether oxygens (including phenoxy) is 2. The maximum atomic E-state index is 13.1. The minimum absolute atomic E-state index is 0. The second-order valence-corrected chi connectivity index (χ2v) is 13.8. The number of nitrogens with zero attached hydrogens (tertiary/aromatic N) is 1. The van der Waals surface area contributed by atoms with Gasteiger partial charge in [-0.2, -0.15) is 0 Å². The molecule has 5 N–H and O–H groups in total. The number of aromatic hydroxyl groups is 1. The van der Waals surface area contributed by atoms with Crippen molar-refractivity contribution >= 4 is 22.7 Å². The number of hydrogen-bond acceptors (Lipinski definition) is 8.